The van der Waals surface area contributed by atoms with E-state index in [0.29, 0.717) is 29.3 Å². The average molecular weight is 536 g/mol. The van der Waals surface area contributed by atoms with Gasteiger partial charge < -0.3 is 20.1 Å². The van der Waals surface area contributed by atoms with E-state index in [9.17, 15) is 4.79 Å². The molecule has 1 aromatic heterocycles. The number of carbonyl (C=O) groups is 1. The van der Waals surface area contributed by atoms with Gasteiger partial charge in [0, 0.05) is 25.1 Å². The zero-order chi connectivity index (χ0) is 20.3. The van der Waals surface area contributed by atoms with E-state index in [1.165, 1.54) is 30.6 Å². The zero-order valence-electron chi connectivity index (χ0n) is 17.9. The van der Waals surface area contributed by atoms with Gasteiger partial charge >= 0.3 is 5.97 Å². The third-order valence-corrected chi connectivity index (χ3v) is 7.29. The first-order valence-corrected chi connectivity index (χ1v) is 11.0. The maximum Gasteiger partial charge on any atom is 0.350 e. The fourth-order valence-corrected chi connectivity index (χ4v) is 5.19. The summed E-state index contributed by atoms with van der Waals surface area (Å²) in [4.78, 5) is 21.6. The van der Waals surface area contributed by atoms with E-state index < -0.39 is 0 Å². The molecule has 29 heavy (non-hydrogen) atoms. The van der Waals surface area contributed by atoms with Crippen LogP contribution in [0, 0.1) is 12.3 Å². The Balaban J connectivity index is 0.00000300. The number of thiazole rings is 1. The third kappa shape index (κ3) is 4.87. The lowest BCUT2D eigenvalue weighted by molar-refractivity contribution is -0.168. The molecule has 0 saturated heterocycles. The highest BCUT2D eigenvalue weighted by molar-refractivity contribution is 14.0. The Morgan fingerprint density at radius 1 is 1.38 bits per heavy atom. The lowest BCUT2D eigenvalue weighted by Gasteiger charge is -2.61. The number of hydrogen-bond donors (Lipinski definition) is 2. The molecule has 0 aromatic carbocycles. The number of rotatable bonds is 7. The second-order valence-corrected chi connectivity index (χ2v) is 8.62. The Morgan fingerprint density at radius 2 is 2.10 bits per heavy atom. The van der Waals surface area contributed by atoms with Crippen molar-refractivity contribution < 1.29 is 14.3 Å². The fourth-order valence-electron chi connectivity index (χ4n) is 4.23. The largest absolute Gasteiger partial charge is 0.462 e. The van der Waals surface area contributed by atoms with E-state index in [0.717, 1.165) is 24.0 Å². The lowest BCUT2D eigenvalue weighted by Crippen LogP contribution is -2.68. The molecule has 0 amide bonds. The molecule has 1 aromatic rings. The monoisotopic (exact) mass is 536 g/mol. The predicted octanol–water partition coefficient (Wildman–Crippen LogP) is 3.82. The van der Waals surface area contributed by atoms with E-state index >= 15 is 0 Å². The molecule has 3 unspecified atom stereocenters. The summed E-state index contributed by atoms with van der Waals surface area (Å²) in [6.45, 7) is 8.88. The van der Waals surface area contributed by atoms with Crippen molar-refractivity contribution in [2.24, 2.45) is 10.4 Å². The summed E-state index contributed by atoms with van der Waals surface area (Å²) in [5.41, 5.74) is 0.980. The quantitative estimate of drug-likeness (QED) is 0.239. The summed E-state index contributed by atoms with van der Waals surface area (Å²) >= 11 is 1.38. The SMILES string of the molecule is CCOC(=O)c1sc(C(C)NC(=NC)NC2CC(OCC)C23CCC3)nc1C.I. The van der Waals surface area contributed by atoms with Gasteiger partial charge in [0.05, 0.1) is 24.4 Å². The predicted molar refractivity (Wildman–Crippen MR) is 126 cm³/mol. The highest BCUT2D eigenvalue weighted by Gasteiger charge is 2.59. The number of ether oxygens (including phenoxy) is 2. The van der Waals surface area contributed by atoms with Gasteiger partial charge in [-0.2, -0.15) is 0 Å². The molecule has 2 saturated carbocycles. The number of esters is 1. The summed E-state index contributed by atoms with van der Waals surface area (Å²) in [5, 5.41) is 7.86. The first kappa shape index (κ1) is 24.3. The van der Waals surface area contributed by atoms with Gasteiger partial charge in [0.25, 0.3) is 0 Å². The zero-order valence-corrected chi connectivity index (χ0v) is 21.1. The van der Waals surface area contributed by atoms with Crippen LogP contribution < -0.4 is 10.6 Å². The van der Waals surface area contributed by atoms with Crippen LogP contribution in [0.1, 0.15) is 72.9 Å². The van der Waals surface area contributed by atoms with Crippen LogP contribution in [0.15, 0.2) is 4.99 Å². The first-order chi connectivity index (χ1) is 13.4. The maximum absolute atomic E-state index is 12.0. The molecule has 2 aliphatic carbocycles. The molecule has 0 radical (unpaired) electrons. The molecule has 3 atom stereocenters. The first-order valence-electron chi connectivity index (χ1n) is 10.2. The Bertz CT molecular complexity index is 735. The molecule has 3 rings (SSSR count). The van der Waals surface area contributed by atoms with Gasteiger partial charge in [0.2, 0.25) is 0 Å². The Hall–Kier alpha value is -0.940. The highest BCUT2D eigenvalue weighted by atomic mass is 127. The fraction of sp³-hybridized carbons (Fsp3) is 0.750. The van der Waals surface area contributed by atoms with Gasteiger partial charge in [-0.25, -0.2) is 9.78 Å². The van der Waals surface area contributed by atoms with Crippen LogP contribution in [0.5, 0.6) is 0 Å². The molecule has 2 fully saturated rings. The van der Waals surface area contributed by atoms with E-state index in [1.807, 2.05) is 13.8 Å². The third-order valence-electron chi connectivity index (χ3n) is 5.97. The number of aromatic nitrogens is 1. The van der Waals surface area contributed by atoms with Crippen molar-refractivity contribution in [3.63, 3.8) is 0 Å². The minimum Gasteiger partial charge on any atom is -0.462 e. The number of nitrogens with one attached hydrogen (secondary N) is 2. The van der Waals surface area contributed by atoms with Gasteiger partial charge in [0.15, 0.2) is 5.96 Å². The molecule has 0 aliphatic heterocycles. The second kappa shape index (κ2) is 10.4. The number of guanidine groups is 1. The van der Waals surface area contributed by atoms with E-state index in [4.69, 9.17) is 9.47 Å². The molecular weight excluding hydrogens is 503 g/mol. The van der Waals surface area contributed by atoms with E-state index in [2.05, 4.69) is 27.5 Å². The van der Waals surface area contributed by atoms with Gasteiger partial charge in [-0.3, -0.25) is 4.99 Å². The van der Waals surface area contributed by atoms with Crippen molar-refractivity contribution in [1.82, 2.24) is 15.6 Å². The Labute approximate surface area is 194 Å². The summed E-state index contributed by atoms with van der Waals surface area (Å²) in [5.74, 6) is 0.464. The van der Waals surface area contributed by atoms with Crippen molar-refractivity contribution in [2.45, 2.75) is 71.6 Å². The van der Waals surface area contributed by atoms with Crippen molar-refractivity contribution in [3.8, 4) is 0 Å². The Morgan fingerprint density at radius 3 is 2.66 bits per heavy atom. The standard InChI is InChI=1S/C20H32N4O3S.HI/c1-6-26-15-11-14(20(15)9-8-10-20)24-19(21-5)23-13(4)17-22-12(3)16(28-17)18(25)27-7-2;/h13-15H,6-11H2,1-5H3,(H2,21,23,24);1H. The molecule has 1 spiro atoms. The van der Waals surface area contributed by atoms with Crippen LogP contribution in [0.2, 0.25) is 0 Å². The summed E-state index contributed by atoms with van der Waals surface area (Å²) in [6.07, 6.45) is 5.10. The number of aryl methyl sites for hydroxylation is 1. The summed E-state index contributed by atoms with van der Waals surface area (Å²) in [7, 11) is 1.78. The minimum absolute atomic E-state index is 0. The smallest absolute Gasteiger partial charge is 0.350 e. The van der Waals surface area contributed by atoms with Crippen LogP contribution in [0.25, 0.3) is 0 Å². The second-order valence-electron chi connectivity index (χ2n) is 7.59. The lowest BCUT2D eigenvalue weighted by atomic mass is 9.51. The number of aliphatic imine (C=N–C) groups is 1. The molecular formula is C20H33IN4O3S. The molecule has 164 valence electrons. The van der Waals surface area contributed by atoms with Gasteiger partial charge in [-0.05, 0) is 47.0 Å². The average Bonchev–Trinajstić information content (AvgIpc) is 3.00. The van der Waals surface area contributed by atoms with Crippen molar-refractivity contribution in [1.29, 1.82) is 0 Å². The van der Waals surface area contributed by atoms with E-state index in [-0.39, 0.29) is 41.4 Å². The van der Waals surface area contributed by atoms with Gasteiger partial charge in [-0.1, -0.05) is 6.42 Å². The molecule has 2 aliphatic rings. The topological polar surface area (TPSA) is 84.8 Å². The minimum atomic E-state index is -0.304. The molecule has 2 N–H and O–H groups in total. The van der Waals surface area contributed by atoms with Gasteiger partial charge in [0.1, 0.15) is 9.88 Å². The van der Waals surface area contributed by atoms with Crippen LogP contribution in [0.3, 0.4) is 0 Å². The molecule has 9 heteroatoms. The van der Waals surface area contributed by atoms with Crippen molar-refractivity contribution >= 4 is 47.2 Å². The molecule has 7 nitrogen and oxygen atoms in total. The van der Waals surface area contributed by atoms with Crippen LogP contribution in [-0.2, 0) is 9.47 Å². The molecule has 0 bridgehead atoms. The van der Waals surface area contributed by atoms with Gasteiger partial charge in [-0.15, -0.1) is 35.3 Å². The van der Waals surface area contributed by atoms with E-state index in [1.54, 1.807) is 14.0 Å². The number of nitrogens with zero attached hydrogens (tertiary/aromatic N) is 2. The molecule has 1 heterocycles. The maximum atomic E-state index is 12.0. The van der Waals surface area contributed by atoms with Crippen molar-refractivity contribution in [3.05, 3.63) is 15.6 Å². The van der Waals surface area contributed by atoms with Crippen LogP contribution in [-0.4, -0.2) is 49.3 Å². The number of carbonyl (C=O) groups excluding carboxylic acids is 1. The van der Waals surface area contributed by atoms with Crippen LogP contribution >= 0.6 is 35.3 Å². The summed E-state index contributed by atoms with van der Waals surface area (Å²) in [6, 6.07) is 0.336. The number of hydrogen-bond acceptors (Lipinski definition) is 6. The van der Waals surface area contributed by atoms with Crippen LogP contribution in [0.4, 0.5) is 0 Å². The normalized spacial score (nSPS) is 23.4. The Kier molecular flexibility index (Phi) is 8.72. The highest BCUT2D eigenvalue weighted by Crippen LogP contribution is 2.57. The number of halogens is 1. The summed E-state index contributed by atoms with van der Waals surface area (Å²) < 4.78 is 11.1. The van der Waals surface area contributed by atoms with Crippen molar-refractivity contribution in [2.75, 3.05) is 20.3 Å².